The van der Waals surface area contributed by atoms with E-state index in [9.17, 15) is 9.59 Å². The Morgan fingerprint density at radius 2 is 1.72 bits per heavy atom. The molecular weight excluding hydrogens is 404 g/mol. The molecule has 6 heteroatoms. The van der Waals surface area contributed by atoms with Crippen LogP contribution in [0.4, 0.5) is 0 Å². The number of ether oxygens (including phenoxy) is 1. The van der Waals surface area contributed by atoms with Crippen LogP contribution in [0.25, 0.3) is 0 Å². The summed E-state index contributed by atoms with van der Waals surface area (Å²) in [5.41, 5.74) is 3.21. The van der Waals surface area contributed by atoms with E-state index in [4.69, 9.17) is 9.15 Å². The van der Waals surface area contributed by atoms with Crippen LogP contribution < -0.4 is 10.2 Å². The highest BCUT2D eigenvalue weighted by atomic mass is 16.5. The maximum Gasteiger partial charge on any atom is 0.227 e. The zero-order valence-corrected chi connectivity index (χ0v) is 19.3. The number of benzene rings is 1. The number of amides is 1. The van der Waals surface area contributed by atoms with Crippen LogP contribution in [0.2, 0.25) is 0 Å². The van der Waals surface area contributed by atoms with E-state index in [1.807, 2.05) is 18.7 Å². The topological polar surface area (TPSA) is 63.0 Å². The second-order valence-corrected chi connectivity index (χ2v) is 9.37. The molecule has 0 radical (unpaired) electrons. The molecule has 1 saturated carbocycles. The van der Waals surface area contributed by atoms with Gasteiger partial charge < -0.3 is 14.1 Å². The molecule has 4 rings (SSSR count). The van der Waals surface area contributed by atoms with E-state index in [0.717, 1.165) is 31.7 Å². The van der Waals surface area contributed by atoms with Gasteiger partial charge in [0.25, 0.3) is 0 Å². The smallest absolute Gasteiger partial charge is 0.227 e. The summed E-state index contributed by atoms with van der Waals surface area (Å²) in [5.74, 6) is 1.74. The molecule has 0 spiro atoms. The quantitative estimate of drug-likeness (QED) is 0.652. The highest BCUT2D eigenvalue weighted by Gasteiger charge is 2.25. The zero-order valence-electron chi connectivity index (χ0n) is 19.3. The van der Waals surface area contributed by atoms with Gasteiger partial charge in [0, 0.05) is 38.7 Å². The molecule has 1 aliphatic carbocycles. The molecule has 6 nitrogen and oxygen atoms in total. The molecule has 1 aliphatic heterocycles. The molecule has 1 saturated heterocycles. The van der Waals surface area contributed by atoms with Gasteiger partial charge in [-0.2, -0.15) is 0 Å². The van der Waals surface area contributed by atoms with Crippen LogP contribution in [0.3, 0.4) is 0 Å². The SMILES string of the molecule is Cc1cc(C)cc(COc2coc(CN3CCN(C(=O)CC4CCCC4)CC3)cc2=O)c1. The van der Waals surface area contributed by atoms with Crippen LogP contribution in [-0.4, -0.2) is 41.9 Å². The molecule has 172 valence electrons. The van der Waals surface area contributed by atoms with Gasteiger partial charge in [-0.15, -0.1) is 0 Å². The summed E-state index contributed by atoms with van der Waals surface area (Å²) in [4.78, 5) is 29.2. The Kier molecular flexibility index (Phi) is 7.30. The van der Waals surface area contributed by atoms with Gasteiger partial charge in [0.1, 0.15) is 18.6 Å². The van der Waals surface area contributed by atoms with E-state index >= 15 is 0 Å². The van der Waals surface area contributed by atoms with Crippen LogP contribution in [0.15, 0.2) is 39.7 Å². The van der Waals surface area contributed by atoms with Crippen LogP contribution in [-0.2, 0) is 17.9 Å². The van der Waals surface area contributed by atoms with Crippen LogP contribution >= 0.6 is 0 Å². The number of carbonyl (C=O) groups excluding carboxylic acids is 1. The lowest BCUT2D eigenvalue weighted by Gasteiger charge is -2.34. The number of nitrogens with zero attached hydrogens (tertiary/aromatic N) is 2. The molecule has 2 aliphatic rings. The molecule has 1 amide bonds. The minimum atomic E-state index is -0.166. The monoisotopic (exact) mass is 438 g/mol. The summed E-state index contributed by atoms with van der Waals surface area (Å²) in [6, 6.07) is 7.74. The second kappa shape index (κ2) is 10.3. The van der Waals surface area contributed by atoms with Crippen molar-refractivity contribution in [1.29, 1.82) is 0 Å². The summed E-state index contributed by atoms with van der Waals surface area (Å²) in [6.07, 6.45) is 7.07. The Morgan fingerprint density at radius 3 is 2.38 bits per heavy atom. The molecular formula is C26H34N2O4. The molecule has 0 atom stereocenters. The van der Waals surface area contributed by atoms with E-state index < -0.39 is 0 Å². The molecule has 0 bridgehead atoms. The minimum absolute atomic E-state index is 0.166. The average molecular weight is 439 g/mol. The predicted molar refractivity (Wildman–Crippen MR) is 124 cm³/mol. The minimum Gasteiger partial charge on any atom is -0.482 e. The van der Waals surface area contributed by atoms with Gasteiger partial charge >= 0.3 is 0 Å². The van der Waals surface area contributed by atoms with Gasteiger partial charge in [-0.05, 0) is 38.2 Å². The molecule has 0 unspecified atom stereocenters. The van der Waals surface area contributed by atoms with Crippen molar-refractivity contribution in [2.24, 2.45) is 5.92 Å². The molecule has 2 heterocycles. The normalized spacial score (nSPS) is 17.6. The zero-order chi connectivity index (χ0) is 22.5. The maximum atomic E-state index is 12.5. The summed E-state index contributed by atoms with van der Waals surface area (Å²) < 4.78 is 11.4. The molecule has 2 aromatic rings. The average Bonchev–Trinajstić information content (AvgIpc) is 3.26. The third kappa shape index (κ3) is 6.00. The number of hydrogen-bond donors (Lipinski definition) is 0. The van der Waals surface area contributed by atoms with E-state index in [-0.39, 0.29) is 11.2 Å². The number of aryl methyl sites for hydroxylation is 2. The number of carbonyl (C=O) groups is 1. The Bertz CT molecular complexity index is 965. The first-order valence-corrected chi connectivity index (χ1v) is 11.8. The Morgan fingerprint density at radius 1 is 1.03 bits per heavy atom. The molecule has 1 aromatic heterocycles. The maximum absolute atomic E-state index is 12.5. The van der Waals surface area contributed by atoms with Gasteiger partial charge in [-0.3, -0.25) is 14.5 Å². The summed E-state index contributed by atoms with van der Waals surface area (Å²) in [5, 5.41) is 0. The fourth-order valence-electron chi connectivity index (χ4n) is 4.91. The van der Waals surface area contributed by atoms with Crippen molar-refractivity contribution in [3.05, 3.63) is 63.2 Å². The van der Waals surface area contributed by atoms with Gasteiger partial charge in [0.2, 0.25) is 17.1 Å². The van der Waals surface area contributed by atoms with Crippen molar-refractivity contribution in [3.63, 3.8) is 0 Å². The lowest BCUT2D eigenvalue weighted by atomic mass is 10.0. The van der Waals surface area contributed by atoms with Gasteiger partial charge in [-0.25, -0.2) is 0 Å². The lowest BCUT2D eigenvalue weighted by molar-refractivity contribution is -0.134. The third-order valence-electron chi connectivity index (χ3n) is 6.57. The fourth-order valence-corrected chi connectivity index (χ4v) is 4.91. The van der Waals surface area contributed by atoms with E-state index in [1.54, 1.807) is 0 Å². The Hall–Kier alpha value is -2.60. The van der Waals surface area contributed by atoms with Crippen molar-refractivity contribution in [2.75, 3.05) is 26.2 Å². The van der Waals surface area contributed by atoms with Crippen LogP contribution in [0.1, 0.15) is 54.6 Å². The Balaban J connectivity index is 1.25. The fraction of sp³-hybridized carbons (Fsp3) is 0.538. The van der Waals surface area contributed by atoms with E-state index in [2.05, 4.69) is 23.1 Å². The molecule has 1 aromatic carbocycles. The number of piperazine rings is 1. The summed E-state index contributed by atoms with van der Waals surface area (Å²) in [7, 11) is 0. The lowest BCUT2D eigenvalue weighted by Crippen LogP contribution is -2.48. The number of rotatable bonds is 7. The molecule has 32 heavy (non-hydrogen) atoms. The van der Waals surface area contributed by atoms with Gasteiger partial charge in [0.05, 0.1) is 6.54 Å². The highest BCUT2D eigenvalue weighted by Crippen LogP contribution is 2.28. The standard InChI is InChI=1S/C26H34N2O4/c1-19-11-20(2)13-22(12-19)17-32-25-18-31-23(15-24(25)29)16-27-7-9-28(10-8-27)26(30)14-21-5-3-4-6-21/h11-13,15,18,21H,3-10,14,16-17H2,1-2H3. The van der Waals surface area contributed by atoms with Gasteiger partial charge in [0.15, 0.2) is 0 Å². The van der Waals surface area contributed by atoms with E-state index in [1.165, 1.54) is 49.1 Å². The number of hydrogen-bond acceptors (Lipinski definition) is 5. The van der Waals surface area contributed by atoms with Crippen molar-refractivity contribution < 1.29 is 13.9 Å². The third-order valence-corrected chi connectivity index (χ3v) is 6.57. The van der Waals surface area contributed by atoms with Crippen LogP contribution in [0, 0.1) is 19.8 Å². The van der Waals surface area contributed by atoms with E-state index in [0.29, 0.717) is 37.2 Å². The Labute approximate surface area is 190 Å². The van der Waals surface area contributed by atoms with Crippen molar-refractivity contribution in [3.8, 4) is 5.75 Å². The first kappa shape index (κ1) is 22.6. The first-order valence-electron chi connectivity index (χ1n) is 11.8. The van der Waals surface area contributed by atoms with Crippen molar-refractivity contribution >= 4 is 5.91 Å². The molecule has 0 N–H and O–H groups in total. The molecule has 2 fully saturated rings. The summed E-state index contributed by atoms with van der Waals surface area (Å²) >= 11 is 0. The van der Waals surface area contributed by atoms with Crippen molar-refractivity contribution in [1.82, 2.24) is 9.80 Å². The van der Waals surface area contributed by atoms with Crippen LogP contribution in [0.5, 0.6) is 5.75 Å². The second-order valence-electron chi connectivity index (χ2n) is 9.37. The first-order chi connectivity index (χ1) is 15.5. The summed E-state index contributed by atoms with van der Waals surface area (Å²) in [6.45, 7) is 8.08. The predicted octanol–water partition coefficient (Wildman–Crippen LogP) is 4.06. The largest absolute Gasteiger partial charge is 0.482 e. The highest BCUT2D eigenvalue weighted by molar-refractivity contribution is 5.76. The van der Waals surface area contributed by atoms with Gasteiger partial charge in [-0.1, -0.05) is 42.2 Å². The van der Waals surface area contributed by atoms with Crippen molar-refractivity contribution in [2.45, 2.75) is 59.1 Å².